The van der Waals surface area contributed by atoms with Gasteiger partial charge in [-0.25, -0.2) is 14.6 Å². The summed E-state index contributed by atoms with van der Waals surface area (Å²) in [6.45, 7) is 0. The molecule has 0 unspecified atom stereocenters. The number of aromatic nitrogens is 4. The van der Waals surface area contributed by atoms with E-state index in [-0.39, 0.29) is 0 Å². The minimum atomic E-state index is 0.760. The molecule has 0 radical (unpaired) electrons. The van der Waals surface area contributed by atoms with Crippen LogP contribution in [0.4, 0.5) is 0 Å². The Balaban J connectivity index is 2.55. The summed E-state index contributed by atoms with van der Waals surface area (Å²) in [5, 5.41) is 3.98. The monoisotopic (exact) mass is 224 g/mol. The summed E-state index contributed by atoms with van der Waals surface area (Å²) in [5.74, 6) is 0. The molecular formula is C7H5BrN4. The van der Waals surface area contributed by atoms with Crippen molar-refractivity contribution < 1.29 is 0 Å². The molecule has 0 atom stereocenters. The Hall–Kier alpha value is -1.23. The highest BCUT2D eigenvalue weighted by molar-refractivity contribution is 9.10. The van der Waals surface area contributed by atoms with Gasteiger partial charge in [0, 0.05) is 6.20 Å². The molecule has 0 saturated heterocycles. The predicted molar refractivity (Wildman–Crippen MR) is 46.9 cm³/mol. The van der Waals surface area contributed by atoms with Gasteiger partial charge in [-0.3, -0.25) is 0 Å². The third kappa shape index (κ3) is 1.23. The molecule has 4 nitrogen and oxygen atoms in total. The van der Waals surface area contributed by atoms with Crippen molar-refractivity contribution in [3.8, 4) is 5.69 Å². The van der Waals surface area contributed by atoms with Crippen LogP contribution in [-0.2, 0) is 0 Å². The van der Waals surface area contributed by atoms with E-state index in [1.807, 2.05) is 12.1 Å². The highest BCUT2D eigenvalue weighted by Gasteiger charge is 2.01. The summed E-state index contributed by atoms with van der Waals surface area (Å²) >= 11 is 3.32. The zero-order valence-electron chi connectivity index (χ0n) is 6.05. The zero-order chi connectivity index (χ0) is 8.39. The second-order valence-corrected chi connectivity index (χ2v) is 2.90. The van der Waals surface area contributed by atoms with Crippen LogP contribution < -0.4 is 0 Å². The topological polar surface area (TPSA) is 43.6 Å². The van der Waals surface area contributed by atoms with Gasteiger partial charge in [-0.05, 0) is 28.1 Å². The van der Waals surface area contributed by atoms with Crippen LogP contribution in [0.5, 0.6) is 0 Å². The lowest BCUT2D eigenvalue weighted by Crippen LogP contribution is -1.96. The molecule has 0 saturated carbocycles. The molecule has 60 valence electrons. The minimum Gasteiger partial charge on any atom is -0.247 e. The molecule has 0 aliphatic rings. The molecule has 0 spiro atoms. The first-order valence-electron chi connectivity index (χ1n) is 3.33. The van der Waals surface area contributed by atoms with Gasteiger partial charge < -0.3 is 0 Å². The largest absolute Gasteiger partial charge is 0.247 e. The maximum atomic E-state index is 4.06. The second-order valence-electron chi connectivity index (χ2n) is 2.15. The number of halogens is 1. The van der Waals surface area contributed by atoms with E-state index in [1.165, 1.54) is 6.33 Å². The highest BCUT2D eigenvalue weighted by atomic mass is 79.9. The van der Waals surface area contributed by atoms with Gasteiger partial charge in [-0.2, -0.15) is 5.10 Å². The first-order chi connectivity index (χ1) is 5.88. The zero-order valence-corrected chi connectivity index (χ0v) is 7.64. The van der Waals surface area contributed by atoms with E-state index in [4.69, 9.17) is 0 Å². The van der Waals surface area contributed by atoms with Crippen LogP contribution in [0, 0.1) is 0 Å². The maximum Gasteiger partial charge on any atom is 0.138 e. The molecule has 0 aliphatic heterocycles. The third-order valence-corrected chi connectivity index (χ3v) is 2.02. The lowest BCUT2D eigenvalue weighted by atomic mass is 10.4. The Bertz CT molecular complexity index is 371. The molecule has 0 amide bonds. The lowest BCUT2D eigenvalue weighted by molar-refractivity contribution is 0.865. The van der Waals surface area contributed by atoms with Crippen molar-refractivity contribution in [1.82, 2.24) is 19.7 Å². The van der Waals surface area contributed by atoms with Crippen LogP contribution in [0.2, 0.25) is 0 Å². The predicted octanol–water partition coefficient (Wildman–Crippen LogP) is 1.42. The molecule has 0 aliphatic carbocycles. The molecule has 5 heteroatoms. The first-order valence-corrected chi connectivity index (χ1v) is 4.13. The lowest BCUT2D eigenvalue weighted by Gasteiger charge is -2.00. The Kier molecular flexibility index (Phi) is 1.87. The first kappa shape index (κ1) is 7.42. The normalized spacial score (nSPS) is 10.1. The van der Waals surface area contributed by atoms with Crippen LogP contribution in [0.3, 0.4) is 0 Å². The average Bonchev–Trinajstić information content (AvgIpc) is 2.57. The summed E-state index contributed by atoms with van der Waals surface area (Å²) in [5.41, 5.74) is 0.884. The van der Waals surface area contributed by atoms with Crippen LogP contribution in [0.25, 0.3) is 5.69 Å². The molecule has 2 heterocycles. The van der Waals surface area contributed by atoms with Gasteiger partial charge >= 0.3 is 0 Å². The van der Waals surface area contributed by atoms with Gasteiger partial charge in [-0.1, -0.05) is 0 Å². The van der Waals surface area contributed by atoms with E-state index in [0.29, 0.717) is 0 Å². The summed E-state index contributed by atoms with van der Waals surface area (Å²) in [4.78, 5) is 7.91. The molecule has 0 fully saturated rings. The van der Waals surface area contributed by atoms with E-state index in [1.54, 1.807) is 17.2 Å². The summed E-state index contributed by atoms with van der Waals surface area (Å²) in [7, 11) is 0. The molecule has 2 aromatic rings. The number of hydrogen-bond donors (Lipinski definition) is 0. The SMILES string of the molecule is Brc1ncccc1-n1cncn1. The van der Waals surface area contributed by atoms with Crippen LogP contribution in [0.15, 0.2) is 35.6 Å². The van der Waals surface area contributed by atoms with E-state index in [9.17, 15) is 0 Å². The van der Waals surface area contributed by atoms with E-state index < -0.39 is 0 Å². The van der Waals surface area contributed by atoms with Crippen molar-refractivity contribution in [3.05, 3.63) is 35.6 Å². The Labute approximate surface area is 77.4 Å². The molecule has 0 N–H and O–H groups in total. The van der Waals surface area contributed by atoms with E-state index in [2.05, 4.69) is 31.0 Å². The number of hydrogen-bond acceptors (Lipinski definition) is 3. The van der Waals surface area contributed by atoms with Crippen LogP contribution >= 0.6 is 15.9 Å². The number of rotatable bonds is 1. The fourth-order valence-electron chi connectivity index (χ4n) is 0.881. The van der Waals surface area contributed by atoms with Gasteiger partial charge in [0.2, 0.25) is 0 Å². The minimum absolute atomic E-state index is 0.760. The van der Waals surface area contributed by atoms with Crippen molar-refractivity contribution in [3.63, 3.8) is 0 Å². The Morgan fingerprint density at radius 2 is 2.33 bits per heavy atom. The molecule has 12 heavy (non-hydrogen) atoms. The van der Waals surface area contributed by atoms with Crippen molar-refractivity contribution >= 4 is 15.9 Å². The molecule has 2 rings (SSSR count). The standard InChI is InChI=1S/C7H5BrN4/c8-7-6(2-1-3-10-7)12-5-9-4-11-12/h1-5H. The van der Waals surface area contributed by atoms with Crippen LogP contribution in [0.1, 0.15) is 0 Å². The maximum absolute atomic E-state index is 4.06. The van der Waals surface area contributed by atoms with Crippen LogP contribution in [-0.4, -0.2) is 19.7 Å². The summed E-state index contributed by atoms with van der Waals surface area (Å²) in [6, 6.07) is 3.76. The Morgan fingerprint density at radius 3 is 3.00 bits per heavy atom. The highest BCUT2D eigenvalue weighted by Crippen LogP contribution is 2.15. The van der Waals surface area contributed by atoms with Crippen molar-refractivity contribution in [2.24, 2.45) is 0 Å². The fourth-order valence-corrected chi connectivity index (χ4v) is 1.31. The molecule has 2 aromatic heterocycles. The molecule has 0 bridgehead atoms. The fraction of sp³-hybridized carbons (Fsp3) is 0. The molecule has 0 aromatic carbocycles. The van der Waals surface area contributed by atoms with Gasteiger partial charge in [0.1, 0.15) is 17.3 Å². The van der Waals surface area contributed by atoms with E-state index >= 15 is 0 Å². The smallest absolute Gasteiger partial charge is 0.138 e. The van der Waals surface area contributed by atoms with Crippen molar-refractivity contribution in [1.29, 1.82) is 0 Å². The summed E-state index contributed by atoms with van der Waals surface area (Å²) in [6.07, 6.45) is 4.83. The average molecular weight is 225 g/mol. The molecular weight excluding hydrogens is 220 g/mol. The van der Waals surface area contributed by atoms with E-state index in [0.717, 1.165) is 10.3 Å². The second kappa shape index (κ2) is 3.02. The third-order valence-electron chi connectivity index (χ3n) is 1.40. The van der Waals surface area contributed by atoms with Gasteiger partial charge in [-0.15, -0.1) is 0 Å². The van der Waals surface area contributed by atoms with Crippen molar-refractivity contribution in [2.75, 3.05) is 0 Å². The quantitative estimate of drug-likeness (QED) is 0.689. The van der Waals surface area contributed by atoms with Gasteiger partial charge in [0.05, 0.1) is 5.69 Å². The Morgan fingerprint density at radius 1 is 1.42 bits per heavy atom. The van der Waals surface area contributed by atoms with Crippen molar-refractivity contribution in [2.45, 2.75) is 0 Å². The summed E-state index contributed by atoms with van der Waals surface area (Å²) < 4.78 is 2.41. The van der Waals surface area contributed by atoms with Gasteiger partial charge in [0.25, 0.3) is 0 Å². The van der Waals surface area contributed by atoms with Gasteiger partial charge in [0.15, 0.2) is 0 Å². The number of pyridine rings is 1. The number of nitrogens with zero attached hydrogens (tertiary/aromatic N) is 4.